The van der Waals surface area contributed by atoms with Crippen LogP contribution in [-0.2, 0) is 12.7 Å². The molecule has 1 aromatic heterocycles. The van der Waals surface area contributed by atoms with Crippen molar-refractivity contribution in [2.24, 2.45) is 0 Å². The molecule has 1 atom stereocenters. The quantitative estimate of drug-likeness (QED) is 0.938. The molecule has 108 valence electrons. The Morgan fingerprint density at radius 2 is 1.90 bits per heavy atom. The summed E-state index contributed by atoms with van der Waals surface area (Å²) in [5.74, 6) is 0. The average molecular weight is 291 g/mol. The molecule has 0 bridgehead atoms. The van der Waals surface area contributed by atoms with Crippen molar-refractivity contribution >= 4 is 0 Å². The lowest BCUT2D eigenvalue weighted by Gasteiger charge is -2.13. The summed E-state index contributed by atoms with van der Waals surface area (Å²) in [5, 5.41) is 12.1. The van der Waals surface area contributed by atoms with E-state index in [1.54, 1.807) is 18.5 Å². The number of benzene rings is 1. The van der Waals surface area contributed by atoms with Crippen molar-refractivity contribution in [1.82, 2.24) is 10.3 Å². The second kappa shape index (κ2) is 6.37. The van der Waals surface area contributed by atoms with E-state index < -0.39 is 17.8 Å². The first-order valence-corrected chi connectivity index (χ1v) is 6.20. The molecule has 0 aliphatic heterocycles. The van der Waals surface area contributed by atoms with Crippen LogP contribution < -0.4 is 5.32 Å². The number of halogens is 3. The van der Waals surface area contributed by atoms with E-state index >= 15 is 0 Å². The van der Waals surface area contributed by atoms with E-state index in [4.69, 9.17) is 5.26 Å². The lowest BCUT2D eigenvalue weighted by atomic mass is 10.1. The fourth-order valence-electron chi connectivity index (χ4n) is 1.83. The Bertz CT molecular complexity index is 615. The van der Waals surface area contributed by atoms with Crippen LogP contribution in [0.4, 0.5) is 13.2 Å². The maximum atomic E-state index is 12.5. The highest BCUT2D eigenvalue weighted by Gasteiger charge is 2.30. The van der Waals surface area contributed by atoms with Crippen molar-refractivity contribution in [2.75, 3.05) is 0 Å². The van der Waals surface area contributed by atoms with Gasteiger partial charge in [-0.1, -0.05) is 18.2 Å². The van der Waals surface area contributed by atoms with Gasteiger partial charge in [-0.05, 0) is 29.3 Å². The number of rotatable bonds is 4. The van der Waals surface area contributed by atoms with Crippen molar-refractivity contribution in [3.05, 3.63) is 65.5 Å². The van der Waals surface area contributed by atoms with Crippen LogP contribution >= 0.6 is 0 Å². The predicted octanol–water partition coefficient (Wildman–Crippen LogP) is 3.45. The maximum Gasteiger partial charge on any atom is 0.416 e. The molecule has 1 N–H and O–H groups in total. The number of nitrogens with zero attached hydrogens (tertiary/aromatic N) is 2. The molecule has 1 unspecified atom stereocenters. The van der Waals surface area contributed by atoms with Gasteiger partial charge in [0.15, 0.2) is 0 Å². The van der Waals surface area contributed by atoms with Crippen LogP contribution in [0.5, 0.6) is 0 Å². The van der Waals surface area contributed by atoms with Gasteiger partial charge < -0.3 is 0 Å². The van der Waals surface area contributed by atoms with Gasteiger partial charge in [0, 0.05) is 18.9 Å². The van der Waals surface area contributed by atoms with Crippen LogP contribution in [0.1, 0.15) is 22.7 Å². The highest BCUT2D eigenvalue weighted by molar-refractivity contribution is 5.29. The van der Waals surface area contributed by atoms with Gasteiger partial charge in [0.25, 0.3) is 0 Å². The average Bonchev–Trinajstić information content (AvgIpc) is 2.48. The smallest absolute Gasteiger partial charge is 0.294 e. The first kappa shape index (κ1) is 15.0. The van der Waals surface area contributed by atoms with Gasteiger partial charge in [-0.2, -0.15) is 18.4 Å². The molecule has 6 heteroatoms. The minimum atomic E-state index is -4.37. The second-order valence-corrected chi connectivity index (χ2v) is 4.42. The highest BCUT2D eigenvalue weighted by Crippen LogP contribution is 2.29. The molecule has 0 spiro atoms. The summed E-state index contributed by atoms with van der Waals surface area (Å²) in [4.78, 5) is 3.95. The van der Waals surface area contributed by atoms with Gasteiger partial charge in [-0.15, -0.1) is 0 Å². The first-order valence-electron chi connectivity index (χ1n) is 6.20. The summed E-state index contributed by atoms with van der Waals surface area (Å²) in [7, 11) is 0. The van der Waals surface area contributed by atoms with Crippen molar-refractivity contribution in [3.8, 4) is 6.07 Å². The molecule has 1 heterocycles. The Balaban J connectivity index is 2.06. The van der Waals surface area contributed by atoms with E-state index in [-0.39, 0.29) is 0 Å². The van der Waals surface area contributed by atoms with Crippen molar-refractivity contribution < 1.29 is 13.2 Å². The normalized spacial score (nSPS) is 12.7. The third-order valence-electron chi connectivity index (χ3n) is 2.93. The number of hydrogen-bond acceptors (Lipinski definition) is 3. The van der Waals surface area contributed by atoms with Crippen LogP contribution in [0.25, 0.3) is 0 Å². The number of hydrogen-bond donors (Lipinski definition) is 1. The second-order valence-electron chi connectivity index (χ2n) is 4.42. The molecule has 1 aromatic carbocycles. The number of alkyl halides is 3. The molecule has 0 saturated heterocycles. The standard InChI is InChI=1S/C15H12F3N3/c16-15(17,18)13-5-3-12(4-6-13)14(8-19)21-10-11-2-1-7-20-9-11/h1-7,9,14,21H,10H2. The third-order valence-corrected chi connectivity index (χ3v) is 2.93. The van der Waals surface area contributed by atoms with Crippen molar-refractivity contribution in [2.45, 2.75) is 18.8 Å². The summed E-state index contributed by atoms with van der Waals surface area (Å²) < 4.78 is 37.5. The molecule has 0 saturated carbocycles. The largest absolute Gasteiger partial charge is 0.416 e. The summed E-state index contributed by atoms with van der Waals surface area (Å²) in [5.41, 5.74) is 0.661. The fourth-order valence-corrected chi connectivity index (χ4v) is 1.83. The van der Waals surface area contributed by atoms with Crippen LogP contribution in [0.15, 0.2) is 48.8 Å². The van der Waals surface area contributed by atoms with E-state index in [0.717, 1.165) is 17.7 Å². The summed E-state index contributed by atoms with van der Waals surface area (Å²) >= 11 is 0. The lowest BCUT2D eigenvalue weighted by Crippen LogP contribution is -2.19. The maximum absolute atomic E-state index is 12.5. The van der Waals surface area contributed by atoms with E-state index in [1.807, 2.05) is 12.1 Å². The zero-order valence-corrected chi connectivity index (χ0v) is 10.9. The van der Waals surface area contributed by atoms with Crippen LogP contribution in [0.3, 0.4) is 0 Å². The Morgan fingerprint density at radius 3 is 2.43 bits per heavy atom. The number of pyridine rings is 1. The lowest BCUT2D eigenvalue weighted by molar-refractivity contribution is -0.137. The summed E-state index contributed by atoms with van der Waals surface area (Å²) in [6.45, 7) is 0.410. The SMILES string of the molecule is N#CC(NCc1cccnc1)c1ccc(C(F)(F)F)cc1. The Kier molecular flexibility index (Phi) is 4.55. The van der Waals surface area contributed by atoms with Crippen molar-refractivity contribution in [3.63, 3.8) is 0 Å². The zero-order valence-electron chi connectivity index (χ0n) is 10.9. The van der Waals surface area contributed by atoms with Gasteiger partial charge in [0.2, 0.25) is 0 Å². The van der Waals surface area contributed by atoms with Crippen molar-refractivity contribution in [1.29, 1.82) is 5.26 Å². The molecule has 21 heavy (non-hydrogen) atoms. The number of nitrogens with one attached hydrogen (secondary N) is 1. The molecule has 2 rings (SSSR count). The molecular weight excluding hydrogens is 279 g/mol. The van der Waals surface area contributed by atoms with Crippen LogP contribution in [0, 0.1) is 11.3 Å². The first-order chi connectivity index (χ1) is 10.0. The van der Waals surface area contributed by atoms with Gasteiger partial charge >= 0.3 is 6.18 Å². The summed E-state index contributed by atoms with van der Waals surface area (Å²) in [6, 6.07) is 9.56. The monoisotopic (exact) mass is 291 g/mol. The molecule has 0 aliphatic rings. The van der Waals surface area contributed by atoms with Crippen LogP contribution in [-0.4, -0.2) is 4.98 Å². The number of aromatic nitrogens is 1. The molecule has 0 fully saturated rings. The van der Waals surface area contributed by atoms with Gasteiger partial charge in [-0.25, -0.2) is 0 Å². The summed E-state index contributed by atoms with van der Waals surface area (Å²) in [6.07, 6.45) is -1.07. The van der Waals surface area contributed by atoms with Crippen LogP contribution in [0.2, 0.25) is 0 Å². The topological polar surface area (TPSA) is 48.7 Å². The van der Waals surface area contributed by atoms with E-state index in [0.29, 0.717) is 12.1 Å². The minimum absolute atomic E-state index is 0.410. The molecule has 0 amide bonds. The van der Waals surface area contributed by atoms with Gasteiger partial charge in [0.05, 0.1) is 11.6 Å². The third kappa shape index (κ3) is 4.04. The van der Waals surface area contributed by atoms with E-state index in [2.05, 4.69) is 10.3 Å². The van der Waals surface area contributed by atoms with E-state index in [1.165, 1.54) is 12.1 Å². The minimum Gasteiger partial charge on any atom is -0.294 e. The highest BCUT2D eigenvalue weighted by atomic mass is 19.4. The van der Waals surface area contributed by atoms with Gasteiger partial charge in [-0.3, -0.25) is 10.3 Å². The molecule has 2 aromatic rings. The van der Waals surface area contributed by atoms with E-state index in [9.17, 15) is 13.2 Å². The molecular formula is C15H12F3N3. The Hall–Kier alpha value is -2.39. The Morgan fingerprint density at radius 1 is 1.19 bits per heavy atom. The Labute approximate surface area is 120 Å². The molecule has 3 nitrogen and oxygen atoms in total. The fraction of sp³-hybridized carbons (Fsp3) is 0.200. The molecule has 0 radical (unpaired) electrons. The molecule has 0 aliphatic carbocycles. The zero-order chi connectivity index (χ0) is 15.3. The number of nitriles is 1. The van der Waals surface area contributed by atoms with Gasteiger partial charge in [0.1, 0.15) is 6.04 Å². The predicted molar refractivity (Wildman–Crippen MR) is 70.9 cm³/mol.